The highest BCUT2D eigenvalue weighted by molar-refractivity contribution is 6.36. The zero-order chi connectivity index (χ0) is 20.5. The van der Waals surface area contributed by atoms with Gasteiger partial charge in [-0.15, -0.1) is 0 Å². The van der Waals surface area contributed by atoms with E-state index >= 15 is 0 Å². The number of carbonyl (C=O) groups is 2. The van der Waals surface area contributed by atoms with Crippen molar-refractivity contribution >= 4 is 35.0 Å². The van der Waals surface area contributed by atoms with E-state index in [1.165, 1.54) is 0 Å². The molecule has 2 aromatic rings. The van der Waals surface area contributed by atoms with Gasteiger partial charge in [0.25, 0.3) is 0 Å². The maximum absolute atomic E-state index is 13.0. The van der Waals surface area contributed by atoms with Gasteiger partial charge in [-0.05, 0) is 37.5 Å². The van der Waals surface area contributed by atoms with Crippen LogP contribution in [0.25, 0.3) is 0 Å². The van der Waals surface area contributed by atoms with Crippen LogP contribution in [0.3, 0.4) is 0 Å². The highest BCUT2D eigenvalue weighted by atomic mass is 35.5. The Kier molecular flexibility index (Phi) is 8.81. The van der Waals surface area contributed by atoms with Crippen molar-refractivity contribution in [2.45, 2.75) is 45.7 Å². The first-order chi connectivity index (χ1) is 13.4. The van der Waals surface area contributed by atoms with Crippen molar-refractivity contribution in [2.24, 2.45) is 0 Å². The van der Waals surface area contributed by atoms with Gasteiger partial charge in [-0.25, -0.2) is 0 Å². The van der Waals surface area contributed by atoms with Crippen LogP contribution < -0.4 is 5.32 Å². The molecule has 0 radical (unpaired) electrons. The van der Waals surface area contributed by atoms with Crippen molar-refractivity contribution in [3.63, 3.8) is 0 Å². The number of amides is 2. The van der Waals surface area contributed by atoms with E-state index in [0.29, 0.717) is 35.0 Å². The van der Waals surface area contributed by atoms with Crippen LogP contribution in [-0.2, 0) is 22.6 Å². The molecule has 0 saturated heterocycles. The fraction of sp³-hybridized carbons (Fsp3) is 0.364. The molecular formula is C22H26Cl2N2O2. The number of hydrogen-bond acceptors (Lipinski definition) is 2. The van der Waals surface area contributed by atoms with Crippen molar-refractivity contribution in [3.8, 4) is 0 Å². The van der Waals surface area contributed by atoms with Gasteiger partial charge >= 0.3 is 0 Å². The lowest BCUT2D eigenvalue weighted by Gasteiger charge is -2.29. The van der Waals surface area contributed by atoms with Gasteiger partial charge in [-0.3, -0.25) is 9.59 Å². The number of rotatable bonds is 9. The van der Waals surface area contributed by atoms with Crippen molar-refractivity contribution in [2.75, 3.05) is 6.54 Å². The molecule has 150 valence electrons. The van der Waals surface area contributed by atoms with Crippen LogP contribution in [0.5, 0.6) is 0 Å². The zero-order valence-electron chi connectivity index (χ0n) is 16.3. The SMILES string of the molecule is CCCNC(=O)[C@@H](C)N(Cc1c(Cl)cccc1Cl)C(=O)CCc1ccccc1. The summed E-state index contributed by atoms with van der Waals surface area (Å²) in [6.07, 6.45) is 1.74. The van der Waals surface area contributed by atoms with Gasteiger partial charge in [-0.2, -0.15) is 0 Å². The van der Waals surface area contributed by atoms with E-state index in [9.17, 15) is 9.59 Å². The summed E-state index contributed by atoms with van der Waals surface area (Å²) in [4.78, 5) is 27.1. The Morgan fingerprint density at radius 3 is 2.29 bits per heavy atom. The van der Waals surface area contributed by atoms with Gasteiger partial charge in [0.2, 0.25) is 11.8 Å². The summed E-state index contributed by atoms with van der Waals surface area (Å²) in [5.41, 5.74) is 1.73. The third-order valence-corrected chi connectivity index (χ3v) is 5.29. The van der Waals surface area contributed by atoms with Crippen molar-refractivity contribution in [1.29, 1.82) is 0 Å². The smallest absolute Gasteiger partial charge is 0.242 e. The molecule has 2 amide bonds. The summed E-state index contributed by atoms with van der Waals surface area (Å²) >= 11 is 12.6. The average Bonchev–Trinajstić information content (AvgIpc) is 2.70. The molecule has 28 heavy (non-hydrogen) atoms. The molecule has 1 atom stereocenters. The lowest BCUT2D eigenvalue weighted by atomic mass is 10.1. The molecule has 1 N–H and O–H groups in total. The van der Waals surface area contributed by atoms with Crippen LogP contribution in [0.4, 0.5) is 0 Å². The number of nitrogens with zero attached hydrogens (tertiary/aromatic N) is 1. The first-order valence-electron chi connectivity index (χ1n) is 9.48. The summed E-state index contributed by atoms with van der Waals surface area (Å²) in [6.45, 7) is 4.47. The molecule has 0 aliphatic carbocycles. The maximum atomic E-state index is 13.0. The van der Waals surface area contributed by atoms with Crippen LogP contribution in [0.1, 0.15) is 37.8 Å². The van der Waals surface area contributed by atoms with E-state index in [2.05, 4.69) is 5.32 Å². The van der Waals surface area contributed by atoms with Gasteiger partial charge in [-0.1, -0.05) is 66.5 Å². The summed E-state index contributed by atoms with van der Waals surface area (Å²) < 4.78 is 0. The summed E-state index contributed by atoms with van der Waals surface area (Å²) in [6, 6.07) is 14.4. The van der Waals surface area contributed by atoms with E-state index in [-0.39, 0.29) is 18.4 Å². The molecule has 0 spiro atoms. The van der Waals surface area contributed by atoms with Crippen molar-refractivity contribution in [3.05, 3.63) is 69.7 Å². The highest BCUT2D eigenvalue weighted by Crippen LogP contribution is 2.27. The van der Waals surface area contributed by atoms with Gasteiger partial charge in [0.15, 0.2) is 0 Å². The van der Waals surface area contributed by atoms with Crippen molar-refractivity contribution < 1.29 is 9.59 Å². The molecule has 0 aromatic heterocycles. The Bertz CT molecular complexity index is 776. The highest BCUT2D eigenvalue weighted by Gasteiger charge is 2.27. The fourth-order valence-corrected chi connectivity index (χ4v) is 3.39. The molecule has 0 heterocycles. The van der Waals surface area contributed by atoms with Crippen LogP contribution in [0, 0.1) is 0 Å². The molecule has 4 nitrogen and oxygen atoms in total. The number of benzene rings is 2. The minimum atomic E-state index is -0.623. The maximum Gasteiger partial charge on any atom is 0.242 e. The first-order valence-corrected chi connectivity index (χ1v) is 10.2. The number of carbonyl (C=O) groups excluding carboxylic acids is 2. The monoisotopic (exact) mass is 420 g/mol. The molecule has 0 saturated carbocycles. The van der Waals surface area contributed by atoms with E-state index in [4.69, 9.17) is 23.2 Å². The molecule has 0 unspecified atom stereocenters. The number of nitrogens with one attached hydrogen (secondary N) is 1. The number of aryl methyl sites for hydroxylation is 1. The number of halogens is 2. The fourth-order valence-electron chi connectivity index (χ4n) is 2.87. The van der Waals surface area contributed by atoms with Gasteiger partial charge in [0.05, 0.1) is 0 Å². The molecule has 6 heteroatoms. The van der Waals surface area contributed by atoms with E-state index < -0.39 is 6.04 Å². The predicted octanol–water partition coefficient (Wildman–Crippen LogP) is 4.87. The molecular weight excluding hydrogens is 395 g/mol. The Labute approximate surface area is 176 Å². The van der Waals surface area contributed by atoms with Crippen LogP contribution in [-0.4, -0.2) is 29.3 Å². The first kappa shape index (κ1) is 22.3. The molecule has 0 aliphatic rings. The van der Waals surface area contributed by atoms with Crippen LogP contribution >= 0.6 is 23.2 Å². The minimum Gasteiger partial charge on any atom is -0.354 e. The minimum absolute atomic E-state index is 0.112. The second kappa shape index (κ2) is 11.1. The second-order valence-electron chi connectivity index (χ2n) is 6.67. The molecule has 0 aliphatic heterocycles. The van der Waals surface area contributed by atoms with E-state index in [1.54, 1.807) is 30.0 Å². The quantitative estimate of drug-likeness (QED) is 0.628. The van der Waals surface area contributed by atoms with Gasteiger partial charge in [0.1, 0.15) is 6.04 Å². The van der Waals surface area contributed by atoms with Crippen LogP contribution in [0.2, 0.25) is 10.0 Å². The second-order valence-corrected chi connectivity index (χ2v) is 7.49. The molecule has 2 aromatic carbocycles. The van der Waals surface area contributed by atoms with Crippen molar-refractivity contribution in [1.82, 2.24) is 10.2 Å². The standard InChI is InChI=1S/C22H26Cl2N2O2/c1-3-14-25-22(28)16(2)26(15-18-19(23)10-7-11-20(18)24)21(27)13-12-17-8-5-4-6-9-17/h4-11,16H,3,12-15H2,1-2H3,(H,25,28)/t16-/m1/s1. The van der Waals surface area contributed by atoms with Gasteiger partial charge in [0, 0.05) is 35.1 Å². The Morgan fingerprint density at radius 1 is 1.04 bits per heavy atom. The topological polar surface area (TPSA) is 49.4 Å². The Hall–Kier alpha value is -2.04. The summed E-state index contributed by atoms with van der Waals surface area (Å²) in [5.74, 6) is -0.294. The zero-order valence-corrected chi connectivity index (χ0v) is 17.8. The lowest BCUT2D eigenvalue weighted by Crippen LogP contribution is -2.47. The largest absolute Gasteiger partial charge is 0.354 e. The summed E-state index contributed by atoms with van der Waals surface area (Å²) in [5, 5.41) is 3.82. The van der Waals surface area contributed by atoms with Gasteiger partial charge < -0.3 is 10.2 Å². The predicted molar refractivity (Wildman–Crippen MR) is 115 cm³/mol. The van der Waals surface area contributed by atoms with E-state index in [1.807, 2.05) is 37.3 Å². The van der Waals surface area contributed by atoms with E-state index in [0.717, 1.165) is 12.0 Å². The third-order valence-electron chi connectivity index (χ3n) is 4.58. The number of hydrogen-bond donors (Lipinski definition) is 1. The molecule has 0 bridgehead atoms. The lowest BCUT2D eigenvalue weighted by molar-refractivity contribution is -0.140. The Balaban J connectivity index is 2.19. The Morgan fingerprint density at radius 2 is 1.68 bits per heavy atom. The summed E-state index contributed by atoms with van der Waals surface area (Å²) in [7, 11) is 0. The third kappa shape index (κ3) is 6.25. The van der Waals surface area contributed by atoms with Crippen LogP contribution in [0.15, 0.2) is 48.5 Å². The normalized spacial score (nSPS) is 11.7. The molecule has 2 rings (SSSR count). The average molecular weight is 421 g/mol. The molecule has 0 fully saturated rings.